The SMILES string of the molecule is CC(C)N1CC(C(=O)NC(C)(C)C)CC2c3cccc4[nH]cc(c34)C[C@H]21. The number of aromatic amines is 1. The maximum absolute atomic E-state index is 13.0. The lowest BCUT2D eigenvalue weighted by Gasteiger charge is -2.48. The predicted octanol–water partition coefficient (Wildman–Crippen LogP) is 3.82. The third-order valence-electron chi connectivity index (χ3n) is 6.04. The molecule has 26 heavy (non-hydrogen) atoms. The van der Waals surface area contributed by atoms with Gasteiger partial charge in [0.05, 0.1) is 5.92 Å². The zero-order valence-corrected chi connectivity index (χ0v) is 16.6. The quantitative estimate of drug-likeness (QED) is 0.862. The second-order valence-corrected chi connectivity index (χ2v) is 9.42. The number of nitrogens with one attached hydrogen (secondary N) is 2. The normalized spacial score (nSPS) is 26.2. The number of rotatable bonds is 2. The highest BCUT2D eigenvalue weighted by molar-refractivity contribution is 5.88. The van der Waals surface area contributed by atoms with E-state index in [-0.39, 0.29) is 17.4 Å². The van der Waals surface area contributed by atoms with Crippen LogP contribution in [0.25, 0.3) is 10.9 Å². The van der Waals surface area contributed by atoms with Gasteiger partial charge in [-0.25, -0.2) is 0 Å². The maximum Gasteiger partial charge on any atom is 0.224 e. The summed E-state index contributed by atoms with van der Waals surface area (Å²) in [7, 11) is 0. The van der Waals surface area contributed by atoms with E-state index in [0.717, 1.165) is 19.4 Å². The summed E-state index contributed by atoms with van der Waals surface area (Å²) in [5.41, 5.74) is 3.90. The third-order valence-corrected chi connectivity index (χ3v) is 6.04. The summed E-state index contributed by atoms with van der Waals surface area (Å²) >= 11 is 0. The zero-order chi connectivity index (χ0) is 18.6. The highest BCUT2D eigenvalue weighted by Crippen LogP contribution is 2.45. The van der Waals surface area contributed by atoms with E-state index in [1.165, 1.54) is 22.0 Å². The molecule has 4 nitrogen and oxygen atoms in total. The topological polar surface area (TPSA) is 48.1 Å². The molecule has 0 bridgehead atoms. The Hall–Kier alpha value is -1.81. The van der Waals surface area contributed by atoms with Gasteiger partial charge in [0.15, 0.2) is 0 Å². The first-order chi connectivity index (χ1) is 12.2. The average Bonchev–Trinajstić information content (AvgIpc) is 2.97. The van der Waals surface area contributed by atoms with E-state index in [4.69, 9.17) is 0 Å². The number of H-pyrrole nitrogens is 1. The fourth-order valence-electron chi connectivity index (χ4n) is 4.99. The maximum atomic E-state index is 13.0. The van der Waals surface area contributed by atoms with E-state index in [1.807, 2.05) is 0 Å². The van der Waals surface area contributed by atoms with Crippen LogP contribution in [0.5, 0.6) is 0 Å². The Morgan fingerprint density at radius 2 is 2.08 bits per heavy atom. The molecule has 2 aliphatic rings. The number of aromatic nitrogens is 1. The van der Waals surface area contributed by atoms with Crippen molar-refractivity contribution in [1.82, 2.24) is 15.2 Å². The molecule has 2 N–H and O–H groups in total. The molecule has 2 unspecified atom stereocenters. The summed E-state index contributed by atoms with van der Waals surface area (Å²) in [4.78, 5) is 19.0. The van der Waals surface area contributed by atoms with Crippen molar-refractivity contribution in [3.8, 4) is 0 Å². The fourth-order valence-corrected chi connectivity index (χ4v) is 4.99. The van der Waals surface area contributed by atoms with Gasteiger partial charge in [-0.05, 0) is 64.7 Å². The summed E-state index contributed by atoms with van der Waals surface area (Å²) in [5, 5.41) is 4.61. The Labute approximate surface area is 156 Å². The molecule has 1 fully saturated rings. The molecule has 3 atom stereocenters. The van der Waals surface area contributed by atoms with Crippen LogP contribution in [-0.4, -0.2) is 40.0 Å². The summed E-state index contributed by atoms with van der Waals surface area (Å²) in [6.45, 7) is 11.6. The first-order valence-corrected chi connectivity index (χ1v) is 9.91. The van der Waals surface area contributed by atoms with E-state index in [2.05, 4.69) is 74.2 Å². The Bertz CT molecular complexity index is 830. The number of hydrogen-bond donors (Lipinski definition) is 2. The molecular weight excluding hydrogens is 322 g/mol. The number of hydrogen-bond acceptors (Lipinski definition) is 2. The van der Waals surface area contributed by atoms with E-state index in [0.29, 0.717) is 18.0 Å². The van der Waals surface area contributed by atoms with Crippen molar-refractivity contribution < 1.29 is 4.79 Å². The van der Waals surface area contributed by atoms with Crippen molar-refractivity contribution in [1.29, 1.82) is 0 Å². The van der Waals surface area contributed by atoms with Gasteiger partial charge in [0.25, 0.3) is 0 Å². The number of amides is 1. The van der Waals surface area contributed by atoms with Crippen LogP contribution in [0.3, 0.4) is 0 Å². The van der Waals surface area contributed by atoms with Crippen molar-refractivity contribution in [2.75, 3.05) is 6.54 Å². The Kier molecular flexibility index (Phi) is 4.14. The highest BCUT2D eigenvalue weighted by Gasteiger charge is 2.43. The lowest BCUT2D eigenvalue weighted by Crippen LogP contribution is -2.56. The Balaban J connectivity index is 1.71. The van der Waals surface area contributed by atoms with Gasteiger partial charge in [0.2, 0.25) is 5.91 Å². The summed E-state index contributed by atoms with van der Waals surface area (Å²) < 4.78 is 0. The van der Waals surface area contributed by atoms with Gasteiger partial charge in [-0.3, -0.25) is 9.69 Å². The van der Waals surface area contributed by atoms with Crippen LogP contribution < -0.4 is 5.32 Å². The van der Waals surface area contributed by atoms with E-state index in [9.17, 15) is 4.79 Å². The van der Waals surface area contributed by atoms with Crippen LogP contribution in [0, 0.1) is 5.92 Å². The van der Waals surface area contributed by atoms with E-state index in [1.54, 1.807) is 0 Å². The number of carbonyl (C=O) groups is 1. The largest absolute Gasteiger partial charge is 0.361 e. The number of fused-ring (bicyclic) bond motifs is 2. The molecule has 140 valence electrons. The van der Waals surface area contributed by atoms with Gasteiger partial charge in [-0.15, -0.1) is 0 Å². The molecule has 1 aromatic heterocycles. The first-order valence-electron chi connectivity index (χ1n) is 9.91. The second-order valence-electron chi connectivity index (χ2n) is 9.42. The molecule has 0 spiro atoms. The fraction of sp³-hybridized carbons (Fsp3) is 0.591. The van der Waals surface area contributed by atoms with E-state index < -0.39 is 0 Å². The van der Waals surface area contributed by atoms with Crippen LogP contribution in [0.15, 0.2) is 24.4 Å². The van der Waals surface area contributed by atoms with Crippen LogP contribution in [0.4, 0.5) is 0 Å². The number of piperidine rings is 1. The van der Waals surface area contributed by atoms with Gasteiger partial charge in [-0.1, -0.05) is 12.1 Å². The molecule has 1 aromatic carbocycles. The molecule has 2 heterocycles. The molecule has 1 aliphatic carbocycles. The molecule has 1 saturated heterocycles. The van der Waals surface area contributed by atoms with Gasteiger partial charge in [0, 0.05) is 47.2 Å². The van der Waals surface area contributed by atoms with Crippen LogP contribution in [0.1, 0.15) is 58.1 Å². The molecule has 1 amide bonds. The molecule has 4 heteroatoms. The lowest BCUT2D eigenvalue weighted by molar-refractivity contribution is -0.129. The summed E-state index contributed by atoms with van der Waals surface area (Å²) in [6, 6.07) is 7.52. The monoisotopic (exact) mass is 353 g/mol. The van der Waals surface area contributed by atoms with Crippen LogP contribution in [0.2, 0.25) is 0 Å². The molecule has 2 aromatic rings. The standard InChI is InChI=1S/C22H31N3O/c1-13(2)25-12-15(21(26)24-22(3,4)5)9-17-16-7-6-8-18-20(16)14(11-23-18)10-19(17)25/h6-8,11,13,15,17,19,23H,9-10,12H2,1-5H3,(H,24,26)/t15?,17?,19-/m1/s1. The smallest absolute Gasteiger partial charge is 0.224 e. The van der Waals surface area contributed by atoms with Crippen LogP contribution >= 0.6 is 0 Å². The summed E-state index contributed by atoms with van der Waals surface area (Å²) in [5.74, 6) is 0.677. The Morgan fingerprint density at radius 1 is 1.31 bits per heavy atom. The molecule has 4 rings (SSSR count). The minimum Gasteiger partial charge on any atom is -0.361 e. The number of likely N-dealkylation sites (tertiary alicyclic amines) is 1. The predicted molar refractivity (Wildman–Crippen MR) is 106 cm³/mol. The van der Waals surface area contributed by atoms with Crippen molar-refractivity contribution in [2.45, 2.75) is 71.0 Å². The second kappa shape index (κ2) is 6.12. The van der Waals surface area contributed by atoms with Crippen molar-refractivity contribution in [3.05, 3.63) is 35.5 Å². The van der Waals surface area contributed by atoms with Gasteiger partial charge in [0.1, 0.15) is 0 Å². The van der Waals surface area contributed by atoms with Gasteiger partial charge >= 0.3 is 0 Å². The van der Waals surface area contributed by atoms with Crippen molar-refractivity contribution in [3.63, 3.8) is 0 Å². The number of benzene rings is 1. The van der Waals surface area contributed by atoms with Crippen LogP contribution in [-0.2, 0) is 11.2 Å². The van der Waals surface area contributed by atoms with Crippen molar-refractivity contribution in [2.24, 2.45) is 5.92 Å². The Morgan fingerprint density at radius 3 is 2.77 bits per heavy atom. The number of nitrogens with zero attached hydrogens (tertiary/aromatic N) is 1. The van der Waals surface area contributed by atoms with E-state index >= 15 is 0 Å². The zero-order valence-electron chi connectivity index (χ0n) is 16.6. The minimum atomic E-state index is -0.184. The molecule has 0 saturated carbocycles. The van der Waals surface area contributed by atoms with Gasteiger partial charge < -0.3 is 10.3 Å². The lowest BCUT2D eigenvalue weighted by atomic mass is 9.71. The number of carbonyl (C=O) groups excluding carboxylic acids is 1. The average molecular weight is 354 g/mol. The molecule has 0 radical (unpaired) electrons. The van der Waals surface area contributed by atoms with Gasteiger partial charge in [-0.2, -0.15) is 0 Å². The minimum absolute atomic E-state index is 0.0497. The highest BCUT2D eigenvalue weighted by atomic mass is 16.2. The molecule has 1 aliphatic heterocycles. The first kappa shape index (κ1) is 17.6. The molecular formula is C22H31N3O. The van der Waals surface area contributed by atoms with Crippen molar-refractivity contribution >= 4 is 16.8 Å². The third kappa shape index (κ3) is 2.94. The summed E-state index contributed by atoms with van der Waals surface area (Å²) in [6.07, 6.45) is 4.20.